The van der Waals surface area contributed by atoms with Crippen molar-refractivity contribution in [1.29, 1.82) is 0 Å². The molecule has 0 bridgehead atoms. The lowest BCUT2D eigenvalue weighted by Gasteiger charge is -2.22. The van der Waals surface area contributed by atoms with Gasteiger partial charge in [-0.15, -0.1) is 0 Å². The Hall–Kier alpha value is -2.73. The maximum Gasteiger partial charge on any atom is 0.242 e. The van der Waals surface area contributed by atoms with Crippen LogP contribution in [0.3, 0.4) is 0 Å². The molecule has 1 aromatic heterocycles. The summed E-state index contributed by atoms with van der Waals surface area (Å²) in [6.07, 6.45) is 8.71. The van der Waals surface area contributed by atoms with Crippen molar-refractivity contribution in [2.75, 3.05) is 6.54 Å². The van der Waals surface area contributed by atoms with Crippen LogP contribution in [-0.4, -0.2) is 35.0 Å². The van der Waals surface area contributed by atoms with Gasteiger partial charge >= 0.3 is 0 Å². The summed E-state index contributed by atoms with van der Waals surface area (Å²) in [6, 6.07) is 6.04. The van der Waals surface area contributed by atoms with Crippen molar-refractivity contribution in [3.8, 4) is 11.1 Å². The van der Waals surface area contributed by atoms with E-state index in [0.717, 1.165) is 48.1 Å². The van der Waals surface area contributed by atoms with Crippen LogP contribution >= 0.6 is 0 Å². The van der Waals surface area contributed by atoms with Crippen LogP contribution in [0.2, 0.25) is 0 Å². The number of rotatable bonds is 5. The molecule has 1 amide bonds. The number of hydrogen-bond donors (Lipinski definition) is 2. The Morgan fingerprint density at radius 1 is 1.42 bits per heavy atom. The van der Waals surface area contributed by atoms with Gasteiger partial charge in [-0.1, -0.05) is 18.6 Å². The van der Waals surface area contributed by atoms with Crippen molar-refractivity contribution >= 4 is 18.7 Å². The zero-order valence-corrected chi connectivity index (χ0v) is 15.3. The molecule has 0 radical (unpaired) electrons. The quantitative estimate of drug-likeness (QED) is 0.814. The summed E-state index contributed by atoms with van der Waals surface area (Å²) in [5.74, 6) is 0.415. The molecular formula is C20H25N5O. The molecule has 1 aliphatic rings. The van der Waals surface area contributed by atoms with E-state index in [1.165, 1.54) is 0 Å². The number of amides is 1. The number of aryl methyl sites for hydroxylation is 2. The van der Waals surface area contributed by atoms with Crippen LogP contribution in [-0.2, 0) is 11.8 Å². The fourth-order valence-electron chi connectivity index (χ4n) is 3.10. The summed E-state index contributed by atoms with van der Waals surface area (Å²) in [7, 11) is 1.90. The molecule has 3 rings (SSSR count). The van der Waals surface area contributed by atoms with Crippen molar-refractivity contribution in [2.24, 2.45) is 12.0 Å². The molecule has 2 heterocycles. The maximum absolute atomic E-state index is 12.4. The third-order valence-corrected chi connectivity index (χ3v) is 4.66. The molecule has 136 valence electrons. The van der Waals surface area contributed by atoms with Gasteiger partial charge in [0.2, 0.25) is 5.91 Å². The molecule has 0 spiro atoms. The molecule has 2 N–H and O–H groups in total. The van der Waals surface area contributed by atoms with Gasteiger partial charge in [-0.2, -0.15) is 5.10 Å². The number of carbonyl (C=O) groups is 1. The minimum Gasteiger partial charge on any atom is -0.309 e. The zero-order chi connectivity index (χ0) is 18.5. The van der Waals surface area contributed by atoms with Crippen LogP contribution in [0, 0.1) is 6.92 Å². The van der Waals surface area contributed by atoms with Gasteiger partial charge < -0.3 is 10.6 Å². The monoisotopic (exact) mass is 351 g/mol. The molecule has 6 nitrogen and oxygen atoms in total. The molecule has 1 fully saturated rings. The average molecular weight is 351 g/mol. The Morgan fingerprint density at radius 2 is 2.27 bits per heavy atom. The summed E-state index contributed by atoms with van der Waals surface area (Å²) >= 11 is 0. The molecule has 1 atom stereocenters. The van der Waals surface area contributed by atoms with Gasteiger partial charge in [0.25, 0.3) is 0 Å². The lowest BCUT2D eigenvalue weighted by atomic mass is 10.0. The molecule has 2 aromatic rings. The Bertz CT molecular complexity index is 830. The minimum absolute atomic E-state index is 0.0515. The van der Waals surface area contributed by atoms with Crippen molar-refractivity contribution in [3.05, 3.63) is 47.5 Å². The van der Waals surface area contributed by atoms with E-state index in [2.05, 4.69) is 45.6 Å². The van der Waals surface area contributed by atoms with E-state index >= 15 is 0 Å². The maximum atomic E-state index is 12.4. The van der Waals surface area contributed by atoms with Crippen molar-refractivity contribution < 1.29 is 4.79 Å². The number of aliphatic imine (C=N–C) groups is 1. The van der Waals surface area contributed by atoms with Crippen LogP contribution in [0.15, 0.2) is 41.4 Å². The van der Waals surface area contributed by atoms with Crippen molar-refractivity contribution in [3.63, 3.8) is 0 Å². The Labute approximate surface area is 154 Å². The minimum atomic E-state index is -0.156. The molecular weight excluding hydrogens is 326 g/mol. The number of piperidine rings is 1. The first-order valence-corrected chi connectivity index (χ1v) is 8.89. The molecule has 26 heavy (non-hydrogen) atoms. The first-order chi connectivity index (χ1) is 12.6. The highest BCUT2D eigenvalue weighted by Crippen LogP contribution is 2.23. The summed E-state index contributed by atoms with van der Waals surface area (Å²) in [5.41, 5.74) is 4.21. The summed E-state index contributed by atoms with van der Waals surface area (Å²) < 4.78 is 1.78. The first-order valence-electron chi connectivity index (χ1n) is 8.89. The van der Waals surface area contributed by atoms with E-state index in [4.69, 9.17) is 0 Å². The molecule has 1 aromatic carbocycles. The average Bonchev–Trinajstić information content (AvgIpc) is 3.09. The highest BCUT2D eigenvalue weighted by Gasteiger charge is 2.20. The SMILES string of the molecule is C=N/C(=C\c1cc(-c2cnn(C)c2)ccc1C)NC(=O)[C@@H]1CCCCN1. The summed E-state index contributed by atoms with van der Waals surface area (Å²) in [6.45, 7) is 6.51. The van der Waals surface area contributed by atoms with Gasteiger partial charge in [0.1, 0.15) is 5.82 Å². The van der Waals surface area contributed by atoms with Crippen molar-refractivity contribution in [2.45, 2.75) is 32.2 Å². The number of hydrogen-bond acceptors (Lipinski definition) is 4. The van der Waals surface area contributed by atoms with E-state index in [1.54, 1.807) is 4.68 Å². The van der Waals surface area contributed by atoms with Gasteiger partial charge in [0.05, 0.1) is 12.2 Å². The third kappa shape index (κ3) is 4.26. The lowest BCUT2D eigenvalue weighted by Crippen LogP contribution is -2.46. The van der Waals surface area contributed by atoms with Gasteiger partial charge in [0.15, 0.2) is 0 Å². The number of nitrogens with zero attached hydrogens (tertiary/aromatic N) is 3. The van der Waals surface area contributed by atoms with Crippen LogP contribution < -0.4 is 10.6 Å². The Balaban J connectivity index is 1.81. The van der Waals surface area contributed by atoms with Crippen LogP contribution in [0.1, 0.15) is 30.4 Å². The molecule has 6 heteroatoms. The highest BCUT2D eigenvalue weighted by atomic mass is 16.2. The zero-order valence-electron chi connectivity index (χ0n) is 15.3. The second-order valence-electron chi connectivity index (χ2n) is 6.65. The molecule has 0 aliphatic carbocycles. The van der Waals surface area contributed by atoms with E-state index in [-0.39, 0.29) is 11.9 Å². The van der Waals surface area contributed by atoms with Gasteiger partial charge in [-0.25, -0.2) is 4.99 Å². The van der Waals surface area contributed by atoms with Gasteiger partial charge in [-0.05, 0) is 61.9 Å². The van der Waals surface area contributed by atoms with Gasteiger partial charge in [-0.3, -0.25) is 9.48 Å². The highest BCUT2D eigenvalue weighted by molar-refractivity contribution is 5.84. The van der Waals surface area contributed by atoms with Crippen molar-refractivity contribution in [1.82, 2.24) is 20.4 Å². The standard InChI is InChI=1S/C20H25N5O/c1-14-7-8-15(17-12-23-25(3)13-17)10-16(14)11-19(21-2)24-20(26)18-6-4-5-9-22-18/h7-8,10-13,18,22H,2,4-6,9H2,1,3H3,(H,24,26)/b19-11+/t18-/m0/s1. The van der Waals surface area contributed by atoms with Crippen LogP contribution in [0.25, 0.3) is 17.2 Å². The number of carbonyl (C=O) groups excluding carboxylic acids is 1. The Morgan fingerprint density at radius 3 is 2.92 bits per heavy atom. The largest absolute Gasteiger partial charge is 0.309 e. The number of benzene rings is 1. The van der Waals surface area contributed by atoms with E-state index in [1.807, 2.05) is 32.4 Å². The topological polar surface area (TPSA) is 71.3 Å². The fraction of sp³-hybridized carbons (Fsp3) is 0.350. The number of nitrogens with one attached hydrogen (secondary N) is 2. The molecule has 0 unspecified atom stereocenters. The predicted molar refractivity (Wildman–Crippen MR) is 105 cm³/mol. The fourth-order valence-corrected chi connectivity index (χ4v) is 3.10. The normalized spacial score (nSPS) is 17.8. The first kappa shape index (κ1) is 18.1. The Kier molecular flexibility index (Phi) is 5.63. The lowest BCUT2D eigenvalue weighted by molar-refractivity contribution is -0.122. The van der Waals surface area contributed by atoms with E-state index in [9.17, 15) is 4.79 Å². The summed E-state index contributed by atoms with van der Waals surface area (Å²) in [4.78, 5) is 16.4. The van der Waals surface area contributed by atoms with E-state index < -0.39 is 0 Å². The smallest absolute Gasteiger partial charge is 0.242 e. The molecule has 1 saturated heterocycles. The van der Waals surface area contributed by atoms with Gasteiger partial charge in [0, 0.05) is 18.8 Å². The second kappa shape index (κ2) is 8.10. The van der Waals surface area contributed by atoms with E-state index in [0.29, 0.717) is 5.82 Å². The number of aromatic nitrogens is 2. The molecule has 0 saturated carbocycles. The molecule has 1 aliphatic heterocycles. The predicted octanol–water partition coefficient (Wildman–Crippen LogP) is 2.65. The summed E-state index contributed by atoms with van der Waals surface area (Å²) in [5, 5.41) is 10.4. The second-order valence-corrected chi connectivity index (χ2v) is 6.65. The third-order valence-electron chi connectivity index (χ3n) is 4.66. The van der Waals surface area contributed by atoms with Crippen LogP contribution in [0.4, 0.5) is 0 Å². The van der Waals surface area contributed by atoms with Crippen LogP contribution in [0.5, 0.6) is 0 Å².